The van der Waals surface area contributed by atoms with Gasteiger partial charge in [-0.15, -0.1) is 0 Å². The molecule has 0 unspecified atom stereocenters. The van der Waals surface area contributed by atoms with Crippen molar-refractivity contribution in [1.82, 2.24) is 5.32 Å². The Hall–Kier alpha value is -1.07. The van der Waals surface area contributed by atoms with Gasteiger partial charge < -0.3 is 19.9 Å². The van der Waals surface area contributed by atoms with E-state index >= 15 is 0 Å². The molecule has 2 N–H and O–H groups in total. The van der Waals surface area contributed by atoms with E-state index in [-0.39, 0.29) is 18.8 Å². The Morgan fingerprint density at radius 2 is 1.85 bits per heavy atom. The van der Waals surface area contributed by atoms with Gasteiger partial charge in [-0.3, -0.25) is 4.79 Å². The summed E-state index contributed by atoms with van der Waals surface area (Å²) in [4.78, 5) is 12.7. The highest BCUT2D eigenvalue weighted by atomic mass is 16.7. The van der Waals surface area contributed by atoms with Crippen molar-refractivity contribution in [3.63, 3.8) is 0 Å². The van der Waals surface area contributed by atoms with Gasteiger partial charge in [0.25, 0.3) is 5.91 Å². The van der Waals surface area contributed by atoms with Gasteiger partial charge in [-0.05, 0) is 56.4 Å². The fourth-order valence-corrected chi connectivity index (χ4v) is 4.59. The molecule has 26 heavy (non-hydrogen) atoms. The van der Waals surface area contributed by atoms with Crippen LogP contribution in [0, 0.1) is 11.8 Å². The number of nitrogens with one attached hydrogen (secondary N) is 1. The second-order valence-electron chi connectivity index (χ2n) is 8.13. The maximum atomic E-state index is 12.7. The fourth-order valence-electron chi connectivity index (χ4n) is 4.59. The van der Waals surface area contributed by atoms with E-state index in [4.69, 9.17) is 14.6 Å². The van der Waals surface area contributed by atoms with Crippen LogP contribution in [0.4, 0.5) is 0 Å². The minimum Gasteiger partial charge on any atom is -0.459 e. The van der Waals surface area contributed by atoms with Crippen LogP contribution < -0.4 is 5.32 Å². The van der Waals surface area contributed by atoms with Crippen LogP contribution in [0.15, 0.2) is 11.8 Å². The van der Waals surface area contributed by atoms with E-state index in [0.717, 1.165) is 32.1 Å². The first-order valence-corrected chi connectivity index (χ1v) is 10.7. The predicted molar refractivity (Wildman–Crippen MR) is 100 cm³/mol. The summed E-state index contributed by atoms with van der Waals surface area (Å²) in [6.45, 7) is 0.759. The fraction of sp³-hybridized carbons (Fsp3) is 0.857. The van der Waals surface area contributed by atoms with Crippen molar-refractivity contribution in [1.29, 1.82) is 0 Å². The number of rotatable bonds is 8. The monoisotopic (exact) mass is 365 g/mol. The molecular formula is C21H35NO4. The van der Waals surface area contributed by atoms with Crippen LogP contribution in [0.3, 0.4) is 0 Å². The number of ether oxygens (including phenoxy) is 2. The zero-order valence-electron chi connectivity index (χ0n) is 16.0. The summed E-state index contributed by atoms with van der Waals surface area (Å²) in [6, 6.07) is 0.297. The summed E-state index contributed by atoms with van der Waals surface area (Å²) in [5, 5.41) is 12.1. The molecule has 0 aromatic heterocycles. The maximum Gasteiger partial charge on any atom is 0.286 e. The smallest absolute Gasteiger partial charge is 0.286 e. The molecule has 2 fully saturated rings. The van der Waals surface area contributed by atoms with Crippen LogP contribution in [-0.4, -0.2) is 36.6 Å². The summed E-state index contributed by atoms with van der Waals surface area (Å²) in [7, 11) is 0. The van der Waals surface area contributed by atoms with E-state index in [0.29, 0.717) is 30.2 Å². The van der Waals surface area contributed by atoms with Crippen molar-refractivity contribution in [3.05, 3.63) is 11.8 Å². The maximum absolute atomic E-state index is 12.7. The molecule has 0 radical (unpaired) electrons. The Kier molecular flexibility index (Phi) is 7.81. The number of hydrogen-bond acceptors (Lipinski definition) is 4. The first kappa shape index (κ1) is 19.7. The summed E-state index contributed by atoms with van der Waals surface area (Å²) >= 11 is 0. The van der Waals surface area contributed by atoms with Gasteiger partial charge in [0.15, 0.2) is 5.76 Å². The Balaban J connectivity index is 1.61. The molecular weight excluding hydrogens is 330 g/mol. The molecule has 0 aromatic rings. The van der Waals surface area contributed by atoms with Crippen molar-refractivity contribution in [2.45, 2.75) is 89.4 Å². The third kappa shape index (κ3) is 5.71. The van der Waals surface area contributed by atoms with E-state index in [9.17, 15) is 4.79 Å². The molecule has 2 atom stereocenters. The van der Waals surface area contributed by atoms with Crippen molar-refractivity contribution in [2.75, 3.05) is 13.2 Å². The van der Waals surface area contributed by atoms with Gasteiger partial charge in [-0.25, -0.2) is 0 Å². The summed E-state index contributed by atoms with van der Waals surface area (Å²) in [5.41, 5.74) is 0. The van der Waals surface area contributed by atoms with Crippen LogP contribution in [0.1, 0.15) is 77.0 Å². The molecule has 2 saturated carbocycles. The largest absolute Gasteiger partial charge is 0.459 e. The molecule has 3 rings (SSSR count). The number of aliphatic hydroxyl groups is 1. The topological polar surface area (TPSA) is 67.8 Å². The Labute approximate surface area is 157 Å². The third-order valence-corrected chi connectivity index (χ3v) is 6.11. The highest BCUT2D eigenvalue weighted by molar-refractivity contribution is 5.91. The van der Waals surface area contributed by atoms with E-state index in [1.807, 2.05) is 0 Å². The van der Waals surface area contributed by atoms with Gasteiger partial charge in [0.2, 0.25) is 6.29 Å². The molecule has 1 aliphatic heterocycles. The third-order valence-electron chi connectivity index (χ3n) is 6.11. The summed E-state index contributed by atoms with van der Waals surface area (Å²) < 4.78 is 11.8. The lowest BCUT2D eigenvalue weighted by Crippen LogP contribution is -2.38. The number of carbonyl (C=O) groups is 1. The number of carbonyl (C=O) groups excluding carboxylic acids is 1. The average molecular weight is 366 g/mol. The highest BCUT2D eigenvalue weighted by Gasteiger charge is 2.33. The minimum atomic E-state index is -0.338. The van der Waals surface area contributed by atoms with Crippen molar-refractivity contribution in [3.8, 4) is 0 Å². The van der Waals surface area contributed by atoms with Crippen LogP contribution in [-0.2, 0) is 14.3 Å². The lowest BCUT2D eigenvalue weighted by Gasteiger charge is -2.35. The molecule has 0 saturated heterocycles. The van der Waals surface area contributed by atoms with Crippen molar-refractivity contribution in [2.24, 2.45) is 11.8 Å². The number of aliphatic hydroxyl groups excluding tert-OH is 1. The molecule has 3 aliphatic rings. The van der Waals surface area contributed by atoms with Crippen molar-refractivity contribution >= 4 is 5.91 Å². The molecule has 0 spiro atoms. The zero-order valence-corrected chi connectivity index (χ0v) is 16.0. The molecule has 5 nitrogen and oxygen atoms in total. The lowest BCUT2D eigenvalue weighted by atomic mass is 9.77. The first-order valence-electron chi connectivity index (χ1n) is 10.7. The normalized spacial score (nSPS) is 27.8. The number of amides is 1. The SMILES string of the molecule is O=C(NC1CCCC1)C1=C[C@H](C2CCCCC2)C[C@H](OCCCCO)O1. The molecule has 0 aromatic carbocycles. The van der Waals surface area contributed by atoms with Gasteiger partial charge in [0.1, 0.15) is 0 Å². The second kappa shape index (κ2) is 10.3. The number of allylic oxidation sites excluding steroid dienone is 1. The highest BCUT2D eigenvalue weighted by Crippen LogP contribution is 2.37. The minimum absolute atomic E-state index is 0.0682. The Morgan fingerprint density at radius 3 is 2.58 bits per heavy atom. The lowest BCUT2D eigenvalue weighted by molar-refractivity contribution is -0.152. The van der Waals surface area contributed by atoms with E-state index in [2.05, 4.69) is 11.4 Å². The first-order chi connectivity index (χ1) is 12.8. The predicted octanol–water partition coefficient (Wildman–Crippen LogP) is 3.66. The molecule has 1 amide bonds. The quantitative estimate of drug-likeness (QED) is 0.644. The van der Waals surface area contributed by atoms with Crippen molar-refractivity contribution < 1.29 is 19.4 Å². The van der Waals surface area contributed by atoms with Crippen LogP contribution in [0.25, 0.3) is 0 Å². The summed E-state index contributed by atoms with van der Waals surface area (Å²) in [5.74, 6) is 1.41. The Bertz CT molecular complexity index is 467. The van der Waals surface area contributed by atoms with E-state index in [1.54, 1.807) is 0 Å². The molecule has 1 heterocycles. The van der Waals surface area contributed by atoms with E-state index < -0.39 is 0 Å². The van der Waals surface area contributed by atoms with Crippen LogP contribution in [0.2, 0.25) is 0 Å². The number of unbranched alkanes of at least 4 members (excludes halogenated alkanes) is 1. The molecule has 0 bridgehead atoms. The molecule has 2 aliphatic carbocycles. The van der Waals surface area contributed by atoms with Gasteiger partial charge in [-0.2, -0.15) is 0 Å². The van der Waals surface area contributed by atoms with E-state index in [1.165, 1.54) is 44.9 Å². The number of hydrogen-bond donors (Lipinski definition) is 2. The Morgan fingerprint density at radius 1 is 1.12 bits per heavy atom. The van der Waals surface area contributed by atoms with Gasteiger partial charge in [-0.1, -0.05) is 32.1 Å². The van der Waals surface area contributed by atoms with Gasteiger partial charge in [0.05, 0.1) is 6.61 Å². The second-order valence-corrected chi connectivity index (χ2v) is 8.13. The van der Waals surface area contributed by atoms with Gasteiger partial charge in [0, 0.05) is 19.1 Å². The van der Waals surface area contributed by atoms with Crippen LogP contribution >= 0.6 is 0 Å². The van der Waals surface area contributed by atoms with Gasteiger partial charge >= 0.3 is 0 Å². The van der Waals surface area contributed by atoms with Crippen LogP contribution in [0.5, 0.6) is 0 Å². The summed E-state index contributed by atoms with van der Waals surface area (Å²) in [6.07, 6.45) is 15.1. The molecule has 148 valence electrons. The average Bonchev–Trinajstić information content (AvgIpc) is 3.19. The standard InChI is InChI=1S/C21H35NO4/c23-12-6-7-13-25-20-15-17(16-8-2-1-3-9-16)14-19(26-20)21(24)22-18-10-4-5-11-18/h14,16-18,20,23H,1-13,15H2,(H,22,24)/t17-,20+/m0/s1. The zero-order chi connectivity index (χ0) is 18.2. The molecule has 5 heteroatoms.